The number of phenols is 1. The number of carbonyl (C=O) groups is 1. The maximum absolute atomic E-state index is 12.5. The van der Waals surface area contributed by atoms with Crippen LogP contribution in [0.1, 0.15) is 21.5 Å². The molecule has 1 aromatic heterocycles. The first-order valence-corrected chi connectivity index (χ1v) is 6.08. The lowest BCUT2D eigenvalue weighted by Crippen LogP contribution is -2.01. The summed E-state index contributed by atoms with van der Waals surface area (Å²) in [7, 11) is 2.98. The van der Waals surface area contributed by atoms with Crippen LogP contribution < -0.4 is 9.47 Å². The molecule has 0 fully saturated rings. The number of benzene rings is 1. The summed E-state index contributed by atoms with van der Waals surface area (Å²) in [6.45, 7) is 1.82. The summed E-state index contributed by atoms with van der Waals surface area (Å²) in [5, 5.41) is 9.87. The highest BCUT2D eigenvalue weighted by molar-refractivity contribution is 6.22. The monoisotopic (exact) mass is 271 g/mol. The number of ketones is 1. The molecule has 0 bridgehead atoms. The maximum atomic E-state index is 12.5. The number of hydrogen-bond donors (Lipinski definition) is 1. The average molecular weight is 271 g/mol. The van der Waals surface area contributed by atoms with E-state index in [-0.39, 0.29) is 17.3 Å². The third kappa shape index (κ3) is 1.49. The van der Waals surface area contributed by atoms with E-state index in [9.17, 15) is 9.90 Å². The summed E-state index contributed by atoms with van der Waals surface area (Å²) < 4.78 is 10.2. The third-order valence-electron chi connectivity index (χ3n) is 3.56. The molecule has 3 rings (SSSR count). The number of phenolic OH excluding ortho intramolecular Hbond substituents is 1. The van der Waals surface area contributed by atoms with Gasteiger partial charge in [-0.15, -0.1) is 0 Å². The van der Waals surface area contributed by atoms with Crippen molar-refractivity contribution in [1.29, 1.82) is 0 Å². The largest absolute Gasteiger partial charge is 0.504 e. The van der Waals surface area contributed by atoms with Gasteiger partial charge in [0.1, 0.15) is 5.75 Å². The van der Waals surface area contributed by atoms with E-state index < -0.39 is 0 Å². The summed E-state index contributed by atoms with van der Waals surface area (Å²) in [6.07, 6.45) is 1.58. The van der Waals surface area contributed by atoms with Gasteiger partial charge in [0, 0.05) is 16.7 Å². The number of pyridine rings is 1. The highest BCUT2D eigenvalue weighted by atomic mass is 16.5. The Bertz CT molecular complexity index is 737. The summed E-state index contributed by atoms with van der Waals surface area (Å²) in [6, 6.07) is 3.05. The van der Waals surface area contributed by atoms with Crippen LogP contribution in [0.25, 0.3) is 11.3 Å². The van der Waals surface area contributed by atoms with E-state index in [0.29, 0.717) is 28.1 Å². The zero-order valence-electron chi connectivity index (χ0n) is 11.4. The molecule has 1 heterocycles. The molecule has 0 spiro atoms. The molecule has 102 valence electrons. The lowest BCUT2D eigenvalue weighted by molar-refractivity contribution is 0.104. The molecule has 1 aromatic carbocycles. The first-order valence-electron chi connectivity index (χ1n) is 6.08. The maximum Gasteiger partial charge on any atom is 0.196 e. The summed E-state index contributed by atoms with van der Waals surface area (Å²) in [4.78, 5) is 16.8. The Morgan fingerprint density at radius 1 is 1.10 bits per heavy atom. The number of methoxy groups -OCH3 is 2. The fraction of sp³-hybridized carbons (Fsp3) is 0.200. The second-order valence-corrected chi connectivity index (χ2v) is 4.57. The zero-order valence-corrected chi connectivity index (χ0v) is 11.4. The van der Waals surface area contributed by atoms with Crippen LogP contribution in [0, 0.1) is 6.92 Å². The van der Waals surface area contributed by atoms with Crippen LogP contribution in [0.4, 0.5) is 0 Å². The van der Waals surface area contributed by atoms with Gasteiger partial charge in [0.15, 0.2) is 17.3 Å². The lowest BCUT2D eigenvalue weighted by Gasteiger charge is -2.07. The van der Waals surface area contributed by atoms with Gasteiger partial charge < -0.3 is 14.6 Å². The fourth-order valence-corrected chi connectivity index (χ4v) is 2.52. The van der Waals surface area contributed by atoms with Crippen LogP contribution in [0.5, 0.6) is 17.2 Å². The SMILES string of the molecule is COc1cc2c(cc1O)-c1ncc(OC)c(C)c1C2=O. The van der Waals surface area contributed by atoms with E-state index in [1.54, 1.807) is 12.3 Å². The number of aromatic nitrogens is 1. The predicted molar refractivity (Wildman–Crippen MR) is 72.6 cm³/mol. The molecule has 1 aliphatic carbocycles. The Balaban J connectivity index is 2.30. The summed E-state index contributed by atoms with van der Waals surface area (Å²) in [5.41, 5.74) is 2.94. The van der Waals surface area contributed by atoms with Gasteiger partial charge in [0.05, 0.1) is 31.7 Å². The van der Waals surface area contributed by atoms with Crippen LogP contribution in [-0.2, 0) is 0 Å². The van der Waals surface area contributed by atoms with Gasteiger partial charge in [-0.1, -0.05) is 0 Å². The van der Waals surface area contributed by atoms with Crippen LogP contribution in [-0.4, -0.2) is 30.1 Å². The molecule has 0 atom stereocenters. The Morgan fingerprint density at radius 2 is 1.80 bits per heavy atom. The number of rotatable bonds is 2. The summed E-state index contributed by atoms with van der Waals surface area (Å²) >= 11 is 0. The highest BCUT2D eigenvalue weighted by Crippen LogP contribution is 2.43. The zero-order chi connectivity index (χ0) is 14.4. The molecule has 0 saturated heterocycles. The second kappa shape index (κ2) is 4.23. The van der Waals surface area contributed by atoms with Crippen molar-refractivity contribution < 1.29 is 19.4 Å². The fourth-order valence-electron chi connectivity index (χ4n) is 2.52. The standard InChI is InChI=1S/C15H13NO4/c1-7-12(20-3)6-16-14-8-4-10(17)11(19-2)5-9(8)15(18)13(7)14/h4-6,17H,1-3H3. The van der Waals surface area contributed by atoms with Crippen molar-refractivity contribution in [3.63, 3.8) is 0 Å². The quantitative estimate of drug-likeness (QED) is 0.774. The molecule has 5 heteroatoms. The van der Waals surface area contributed by atoms with Gasteiger partial charge in [-0.05, 0) is 19.1 Å². The topological polar surface area (TPSA) is 68.7 Å². The minimum atomic E-state index is -0.128. The lowest BCUT2D eigenvalue weighted by atomic mass is 10.1. The van der Waals surface area contributed by atoms with Gasteiger partial charge in [0.25, 0.3) is 0 Å². The Labute approximate surface area is 115 Å². The van der Waals surface area contributed by atoms with E-state index >= 15 is 0 Å². The third-order valence-corrected chi connectivity index (χ3v) is 3.56. The minimum absolute atomic E-state index is 0.0119. The molecule has 5 nitrogen and oxygen atoms in total. The first kappa shape index (κ1) is 12.5. The van der Waals surface area contributed by atoms with Gasteiger partial charge in [-0.2, -0.15) is 0 Å². The molecule has 0 amide bonds. The molecule has 1 N–H and O–H groups in total. The van der Waals surface area contributed by atoms with Crippen molar-refractivity contribution in [2.24, 2.45) is 0 Å². The van der Waals surface area contributed by atoms with E-state index in [0.717, 1.165) is 5.56 Å². The number of ether oxygens (including phenoxy) is 2. The van der Waals surface area contributed by atoms with Crippen molar-refractivity contribution in [2.75, 3.05) is 14.2 Å². The van der Waals surface area contributed by atoms with Crippen molar-refractivity contribution in [1.82, 2.24) is 4.98 Å². The number of aromatic hydroxyl groups is 1. The second-order valence-electron chi connectivity index (χ2n) is 4.57. The molecule has 0 unspecified atom stereocenters. The van der Waals surface area contributed by atoms with Gasteiger partial charge in [0.2, 0.25) is 0 Å². The molecular formula is C15H13NO4. The molecule has 1 aliphatic rings. The van der Waals surface area contributed by atoms with E-state index in [2.05, 4.69) is 4.98 Å². The van der Waals surface area contributed by atoms with Crippen LogP contribution >= 0.6 is 0 Å². The Morgan fingerprint density at radius 3 is 2.45 bits per heavy atom. The van der Waals surface area contributed by atoms with Crippen LogP contribution in [0.15, 0.2) is 18.3 Å². The Hall–Kier alpha value is -2.56. The molecule has 20 heavy (non-hydrogen) atoms. The Kier molecular flexibility index (Phi) is 2.64. The number of fused-ring (bicyclic) bond motifs is 3. The van der Waals surface area contributed by atoms with Crippen molar-refractivity contribution in [2.45, 2.75) is 6.92 Å². The molecule has 2 aromatic rings. The predicted octanol–water partition coefficient (Wildman–Crippen LogP) is 2.32. The molecular weight excluding hydrogens is 258 g/mol. The van der Waals surface area contributed by atoms with Crippen molar-refractivity contribution >= 4 is 5.78 Å². The molecule has 0 saturated carbocycles. The average Bonchev–Trinajstić information content (AvgIpc) is 2.72. The van der Waals surface area contributed by atoms with Crippen molar-refractivity contribution in [3.8, 4) is 28.5 Å². The van der Waals surface area contributed by atoms with Crippen LogP contribution in [0.2, 0.25) is 0 Å². The van der Waals surface area contributed by atoms with Crippen LogP contribution in [0.3, 0.4) is 0 Å². The van der Waals surface area contributed by atoms with E-state index in [1.807, 2.05) is 6.92 Å². The first-order chi connectivity index (χ1) is 9.58. The minimum Gasteiger partial charge on any atom is -0.504 e. The number of carbonyl (C=O) groups excluding carboxylic acids is 1. The highest BCUT2D eigenvalue weighted by Gasteiger charge is 2.32. The normalized spacial score (nSPS) is 12.1. The van der Waals surface area contributed by atoms with Gasteiger partial charge in [-0.3, -0.25) is 9.78 Å². The molecule has 0 radical (unpaired) electrons. The van der Waals surface area contributed by atoms with E-state index in [4.69, 9.17) is 9.47 Å². The van der Waals surface area contributed by atoms with E-state index in [1.165, 1.54) is 20.3 Å². The number of nitrogens with zero attached hydrogens (tertiary/aromatic N) is 1. The van der Waals surface area contributed by atoms with Crippen molar-refractivity contribution in [3.05, 3.63) is 35.0 Å². The van der Waals surface area contributed by atoms with Gasteiger partial charge in [-0.25, -0.2) is 0 Å². The number of hydrogen-bond acceptors (Lipinski definition) is 5. The summed E-state index contributed by atoms with van der Waals surface area (Å²) in [5.74, 6) is 0.704. The van der Waals surface area contributed by atoms with Gasteiger partial charge >= 0.3 is 0 Å². The smallest absolute Gasteiger partial charge is 0.196 e. The molecule has 0 aliphatic heterocycles.